The molecule has 4 aliphatic rings. The molecule has 3 aromatic rings. The van der Waals surface area contributed by atoms with E-state index < -0.39 is 9.84 Å². The van der Waals surface area contributed by atoms with E-state index in [1.807, 2.05) is 18.2 Å². The number of fused-ring (bicyclic) bond motifs is 3. The topological polar surface area (TPSA) is 108 Å². The molecule has 2 aromatic carbocycles. The van der Waals surface area contributed by atoms with Crippen molar-refractivity contribution in [2.75, 3.05) is 44.6 Å². The summed E-state index contributed by atoms with van der Waals surface area (Å²) >= 11 is 6.45. The van der Waals surface area contributed by atoms with E-state index in [0.29, 0.717) is 30.4 Å². The van der Waals surface area contributed by atoms with Gasteiger partial charge in [0.25, 0.3) is 0 Å². The Hall–Kier alpha value is -3.47. The number of nitrogens with zero attached hydrogens (tertiary/aromatic N) is 3. The van der Waals surface area contributed by atoms with Crippen molar-refractivity contribution in [2.45, 2.75) is 68.0 Å². The summed E-state index contributed by atoms with van der Waals surface area (Å²) in [5, 5.41) is 0.657. The van der Waals surface area contributed by atoms with Gasteiger partial charge in [0.2, 0.25) is 15.0 Å². The number of aromatic nitrogens is 2. The molecular formula is C38H44ClN3O6S. The average Bonchev–Trinajstić information content (AvgIpc) is 3.26. The van der Waals surface area contributed by atoms with Crippen molar-refractivity contribution < 1.29 is 27.4 Å². The quantitative estimate of drug-likeness (QED) is 0.138. The molecule has 5 atom stereocenters. The minimum atomic E-state index is -3.54. The lowest BCUT2D eigenvalue weighted by Gasteiger charge is -2.47. The van der Waals surface area contributed by atoms with Gasteiger partial charge in [-0.25, -0.2) is 23.2 Å². The molecule has 7 rings (SSSR count). The maximum absolute atomic E-state index is 12.9. The van der Waals surface area contributed by atoms with Crippen LogP contribution in [0, 0.1) is 17.8 Å². The van der Waals surface area contributed by atoms with E-state index in [9.17, 15) is 13.2 Å². The second kappa shape index (κ2) is 14.0. The third-order valence-corrected chi connectivity index (χ3v) is 13.1. The fourth-order valence-corrected chi connectivity index (χ4v) is 10.3. The Morgan fingerprint density at radius 2 is 1.94 bits per heavy atom. The predicted molar refractivity (Wildman–Crippen MR) is 188 cm³/mol. The number of esters is 1. The monoisotopic (exact) mass is 705 g/mol. The van der Waals surface area contributed by atoms with E-state index in [1.54, 1.807) is 19.2 Å². The number of benzene rings is 2. The number of rotatable bonds is 9. The normalized spacial score (nSPS) is 25.6. The van der Waals surface area contributed by atoms with Crippen LogP contribution < -0.4 is 9.64 Å². The minimum absolute atomic E-state index is 0.0225. The zero-order valence-corrected chi connectivity index (χ0v) is 29.7. The summed E-state index contributed by atoms with van der Waals surface area (Å²) in [6.07, 6.45) is 12.6. The Bertz CT molecular complexity index is 1840. The fourth-order valence-electron chi connectivity index (χ4n) is 8.61. The molecule has 0 bridgehead atoms. The standard InChI is InChI=1S/C38H44ClN3O6S/c1-46-35(26-8-6-25(7-9-26)22-49(44,45)37-40-17-4-18-41-37)31-13-10-29(31)21-42-23-38(16-3-5-27-19-30(39)12-14-32(27)38)24-48-34-15-11-28(20-33(34)42)36(43)47-2/h4,8,11-12,14-15,17-20,25,29,31,35H,3,5-7,9-10,13,16,21-24H2,1-2H3/t25-,29+,31-,35-,38+/m1/s1. The van der Waals surface area contributed by atoms with Gasteiger partial charge in [0.05, 0.1) is 36.8 Å². The van der Waals surface area contributed by atoms with E-state index in [-0.39, 0.29) is 34.3 Å². The van der Waals surface area contributed by atoms with Crippen LogP contribution >= 0.6 is 11.6 Å². The van der Waals surface area contributed by atoms with Gasteiger partial charge in [-0.2, -0.15) is 0 Å². The van der Waals surface area contributed by atoms with Crippen molar-refractivity contribution in [1.82, 2.24) is 9.97 Å². The molecule has 1 spiro atoms. The Balaban J connectivity index is 1.12. The Labute approximate surface area is 293 Å². The number of methoxy groups -OCH3 is 2. The van der Waals surface area contributed by atoms with E-state index in [1.165, 1.54) is 36.2 Å². The maximum Gasteiger partial charge on any atom is 0.337 e. The van der Waals surface area contributed by atoms with Crippen molar-refractivity contribution in [3.63, 3.8) is 0 Å². The highest BCUT2D eigenvalue weighted by atomic mass is 35.5. The minimum Gasteiger partial charge on any atom is -0.490 e. The van der Waals surface area contributed by atoms with Crippen LogP contribution in [0.4, 0.5) is 5.69 Å². The van der Waals surface area contributed by atoms with Gasteiger partial charge >= 0.3 is 5.97 Å². The van der Waals surface area contributed by atoms with Gasteiger partial charge in [0.1, 0.15) is 5.75 Å². The number of sulfone groups is 1. The third-order valence-electron chi connectivity index (χ3n) is 11.2. The first kappa shape index (κ1) is 34.0. The maximum atomic E-state index is 12.9. The van der Waals surface area contributed by atoms with E-state index in [2.05, 4.69) is 33.1 Å². The third kappa shape index (κ3) is 6.84. The Morgan fingerprint density at radius 3 is 2.65 bits per heavy atom. The zero-order valence-electron chi connectivity index (χ0n) is 28.1. The summed E-state index contributed by atoms with van der Waals surface area (Å²) in [6, 6.07) is 13.5. The number of aryl methyl sites for hydroxylation is 1. The molecular weight excluding hydrogens is 662 g/mol. The van der Waals surface area contributed by atoms with Crippen molar-refractivity contribution in [2.24, 2.45) is 17.8 Å². The molecule has 1 aliphatic heterocycles. The second-order valence-corrected chi connectivity index (χ2v) is 16.5. The number of hydrogen-bond donors (Lipinski definition) is 0. The molecule has 1 aromatic heterocycles. The van der Waals surface area contributed by atoms with Gasteiger partial charge in [-0.3, -0.25) is 0 Å². The van der Waals surface area contributed by atoms with Crippen LogP contribution in [0.1, 0.15) is 66.4 Å². The van der Waals surface area contributed by atoms with Gasteiger partial charge in [0.15, 0.2) is 0 Å². The number of allylic oxidation sites excluding steroid dienone is 1. The summed E-state index contributed by atoms with van der Waals surface area (Å²) in [5.74, 6) is 1.19. The summed E-state index contributed by atoms with van der Waals surface area (Å²) < 4.78 is 43.8. The van der Waals surface area contributed by atoms with E-state index >= 15 is 0 Å². The molecule has 260 valence electrons. The molecule has 9 nitrogen and oxygen atoms in total. The van der Waals surface area contributed by atoms with Crippen LogP contribution in [0.5, 0.6) is 5.75 Å². The van der Waals surface area contributed by atoms with Gasteiger partial charge in [-0.05, 0) is 122 Å². The van der Waals surface area contributed by atoms with Gasteiger partial charge in [-0.1, -0.05) is 23.7 Å². The van der Waals surface area contributed by atoms with Crippen LogP contribution in [0.2, 0.25) is 5.02 Å². The highest BCUT2D eigenvalue weighted by Gasteiger charge is 2.45. The lowest BCUT2D eigenvalue weighted by Crippen LogP contribution is -2.50. The van der Waals surface area contributed by atoms with Crippen molar-refractivity contribution in [1.29, 1.82) is 0 Å². The van der Waals surface area contributed by atoms with Crippen molar-refractivity contribution in [3.8, 4) is 5.75 Å². The fraction of sp³-hybridized carbons (Fsp3) is 0.500. The Kier molecular flexibility index (Phi) is 9.74. The van der Waals surface area contributed by atoms with Crippen molar-refractivity contribution >= 4 is 33.1 Å². The molecule has 0 N–H and O–H groups in total. The van der Waals surface area contributed by atoms with Gasteiger partial charge < -0.3 is 19.1 Å². The number of halogens is 1. The molecule has 49 heavy (non-hydrogen) atoms. The summed E-state index contributed by atoms with van der Waals surface area (Å²) in [5.41, 5.74) is 5.07. The van der Waals surface area contributed by atoms with Crippen LogP contribution in [-0.4, -0.2) is 70.1 Å². The highest BCUT2D eigenvalue weighted by molar-refractivity contribution is 7.91. The molecule has 0 unspecified atom stereocenters. The SMILES string of the molecule is COC(=O)c1ccc2c(c1)N(C[C@@H]1CC[C@H]1[C@H](OC)C1=CC[C@@H](CS(=O)(=O)c3ncccn3)CC1)C[C@@]1(CCCc3cc(Cl)ccc31)CO2. The second-order valence-electron chi connectivity index (χ2n) is 14.2. The zero-order chi connectivity index (χ0) is 34.2. The van der Waals surface area contributed by atoms with Gasteiger partial charge in [-0.15, -0.1) is 0 Å². The number of hydrogen-bond acceptors (Lipinski definition) is 9. The first-order valence-corrected chi connectivity index (χ1v) is 19.3. The van der Waals surface area contributed by atoms with Crippen LogP contribution in [0.15, 0.2) is 71.7 Å². The van der Waals surface area contributed by atoms with Crippen LogP contribution in [0.25, 0.3) is 0 Å². The molecule has 3 aliphatic carbocycles. The molecule has 2 heterocycles. The first-order valence-electron chi connectivity index (χ1n) is 17.3. The summed E-state index contributed by atoms with van der Waals surface area (Å²) in [7, 11) is -0.343. The molecule has 1 fully saturated rings. The van der Waals surface area contributed by atoms with Crippen LogP contribution in [0.3, 0.4) is 0 Å². The van der Waals surface area contributed by atoms with Gasteiger partial charge in [0, 0.05) is 43.0 Å². The number of ether oxygens (including phenoxy) is 3. The lowest BCUT2D eigenvalue weighted by atomic mass is 9.66. The smallest absolute Gasteiger partial charge is 0.337 e. The van der Waals surface area contributed by atoms with Crippen molar-refractivity contribution in [3.05, 3.63) is 88.2 Å². The lowest BCUT2D eigenvalue weighted by molar-refractivity contribution is 0.00323. The molecule has 1 saturated carbocycles. The predicted octanol–water partition coefficient (Wildman–Crippen LogP) is 6.63. The van der Waals surface area contributed by atoms with Crippen LogP contribution in [-0.2, 0) is 31.1 Å². The average molecular weight is 706 g/mol. The summed E-state index contributed by atoms with van der Waals surface area (Å²) in [4.78, 5) is 23.0. The van der Waals surface area contributed by atoms with E-state index in [4.69, 9.17) is 25.8 Å². The Morgan fingerprint density at radius 1 is 1.10 bits per heavy atom. The van der Waals surface area contributed by atoms with E-state index in [0.717, 1.165) is 74.5 Å². The first-order chi connectivity index (χ1) is 23.7. The molecule has 0 saturated heterocycles. The number of carbonyl (C=O) groups excluding carboxylic acids is 1. The highest BCUT2D eigenvalue weighted by Crippen LogP contribution is 2.48. The largest absolute Gasteiger partial charge is 0.490 e. The number of carbonyl (C=O) groups is 1. The molecule has 11 heteroatoms. The molecule has 0 radical (unpaired) electrons. The number of anilines is 1. The molecule has 0 amide bonds. The summed E-state index contributed by atoms with van der Waals surface area (Å²) in [6.45, 7) is 2.13.